The first kappa shape index (κ1) is 13.9. The van der Waals surface area contributed by atoms with Gasteiger partial charge in [0.25, 0.3) is 0 Å². The first-order valence-corrected chi connectivity index (χ1v) is 7.34. The normalized spacial score (nSPS) is 13.2. The molecule has 6 heteroatoms. The first-order chi connectivity index (χ1) is 8.97. The lowest BCUT2D eigenvalue weighted by Gasteiger charge is -2.10. The van der Waals surface area contributed by atoms with Crippen molar-refractivity contribution < 1.29 is 18.7 Å². The summed E-state index contributed by atoms with van der Waals surface area (Å²) >= 11 is 0. The fourth-order valence-electron chi connectivity index (χ4n) is 1.66. The van der Waals surface area contributed by atoms with Crippen LogP contribution < -0.4 is 0 Å². The van der Waals surface area contributed by atoms with Crippen molar-refractivity contribution in [3.63, 3.8) is 0 Å². The van der Waals surface area contributed by atoms with Gasteiger partial charge in [0.1, 0.15) is 0 Å². The Morgan fingerprint density at radius 3 is 2.37 bits per heavy atom. The van der Waals surface area contributed by atoms with Crippen molar-refractivity contribution in [1.29, 1.82) is 0 Å². The average molecular weight is 281 g/mol. The van der Waals surface area contributed by atoms with E-state index in [9.17, 15) is 8.96 Å². The van der Waals surface area contributed by atoms with Crippen molar-refractivity contribution >= 4 is 7.60 Å². The molecule has 1 unspecified atom stereocenters. The van der Waals surface area contributed by atoms with Gasteiger partial charge in [-0.25, -0.2) is 4.39 Å². The maximum Gasteiger partial charge on any atom is 0.359 e. The molecule has 0 saturated heterocycles. The highest BCUT2D eigenvalue weighted by Gasteiger charge is 2.28. The van der Waals surface area contributed by atoms with Gasteiger partial charge in [-0.15, -0.1) is 0 Å². The maximum atomic E-state index is 13.2. The summed E-state index contributed by atoms with van der Waals surface area (Å²) < 4.78 is 24.0. The molecular formula is C13H13FNO3P. The Bertz CT molecular complexity index is 583. The van der Waals surface area contributed by atoms with Crippen molar-refractivity contribution in [1.82, 2.24) is 4.98 Å². The van der Waals surface area contributed by atoms with Gasteiger partial charge in [-0.05, 0) is 17.7 Å². The standard InChI is InChI=1S/C13H13FNO3P/c14-13(19(16,17)18)9-10-4-6-11(7-5-10)12-3-1-2-8-15-12/h1-8,13H,9H2,(H2,16,17,18). The van der Waals surface area contributed by atoms with Gasteiger partial charge in [-0.3, -0.25) is 9.55 Å². The SMILES string of the molecule is O=P(O)(O)C(F)Cc1ccc(-c2ccccn2)cc1. The Morgan fingerprint density at radius 1 is 1.16 bits per heavy atom. The molecule has 1 heterocycles. The maximum absolute atomic E-state index is 13.2. The second-order valence-electron chi connectivity index (χ2n) is 4.14. The van der Waals surface area contributed by atoms with E-state index < -0.39 is 13.5 Å². The largest absolute Gasteiger partial charge is 0.359 e. The zero-order chi connectivity index (χ0) is 13.9. The Hall–Kier alpha value is -1.55. The van der Waals surface area contributed by atoms with Gasteiger partial charge >= 0.3 is 7.60 Å². The quantitative estimate of drug-likeness (QED) is 0.845. The summed E-state index contributed by atoms with van der Waals surface area (Å²) in [5, 5.41) is 0. The zero-order valence-corrected chi connectivity index (χ0v) is 10.9. The molecule has 0 spiro atoms. The molecule has 0 bridgehead atoms. The Kier molecular flexibility index (Phi) is 4.10. The van der Waals surface area contributed by atoms with Gasteiger partial charge in [-0.1, -0.05) is 30.3 Å². The predicted octanol–water partition coefficient (Wildman–Crippen LogP) is 2.76. The van der Waals surface area contributed by atoms with Crippen molar-refractivity contribution in [2.45, 2.75) is 12.3 Å². The van der Waals surface area contributed by atoms with E-state index in [1.54, 1.807) is 30.5 Å². The molecule has 100 valence electrons. The van der Waals surface area contributed by atoms with E-state index in [2.05, 4.69) is 4.98 Å². The molecular weight excluding hydrogens is 268 g/mol. The molecule has 2 rings (SSSR count). The summed E-state index contributed by atoms with van der Waals surface area (Å²) in [4.78, 5) is 21.6. The lowest BCUT2D eigenvalue weighted by atomic mass is 10.1. The highest BCUT2D eigenvalue weighted by molar-refractivity contribution is 7.52. The molecule has 2 N–H and O–H groups in total. The van der Waals surface area contributed by atoms with Crippen LogP contribution in [0.2, 0.25) is 0 Å². The number of nitrogens with zero attached hydrogens (tertiary/aromatic N) is 1. The third kappa shape index (κ3) is 3.70. The first-order valence-electron chi connectivity index (χ1n) is 5.66. The van der Waals surface area contributed by atoms with E-state index in [0.29, 0.717) is 5.56 Å². The summed E-state index contributed by atoms with van der Waals surface area (Å²) in [6, 6.07) is 12.3. The number of hydrogen-bond donors (Lipinski definition) is 2. The van der Waals surface area contributed by atoms with Crippen LogP contribution in [0.25, 0.3) is 11.3 Å². The fraction of sp³-hybridized carbons (Fsp3) is 0.154. The molecule has 0 aliphatic carbocycles. The number of halogens is 1. The zero-order valence-electron chi connectivity index (χ0n) is 9.98. The molecule has 2 aromatic rings. The van der Waals surface area contributed by atoms with Gasteiger partial charge in [0.05, 0.1) is 5.69 Å². The lowest BCUT2D eigenvalue weighted by Crippen LogP contribution is -2.05. The summed E-state index contributed by atoms with van der Waals surface area (Å²) in [5.41, 5.74) is 2.20. The van der Waals surface area contributed by atoms with Gasteiger partial charge < -0.3 is 9.79 Å². The fourth-order valence-corrected chi connectivity index (χ4v) is 2.11. The molecule has 0 aliphatic rings. The molecule has 19 heavy (non-hydrogen) atoms. The van der Waals surface area contributed by atoms with Crippen molar-refractivity contribution in [2.75, 3.05) is 0 Å². The Labute approximate surface area is 110 Å². The van der Waals surface area contributed by atoms with Crippen LogP contribution in [0.15, 0.2) is 48.7 Å². The second-order valence-corrected chi connectivity index (χ2v) is 5.88. The third-order valence-electron chi connectivity index (χ3n) is 2.68. The molecule has 1 atom stereocenters. The minimum atomic E-state index is -4.67. The number of rotatable bonds is 4. The molecule has 0 saturated carbocycles. The van der Waals surface area contributed by atoms with E-state index in [4.69, 9.17) is 9.79 Å². The predicted molar refractivity (Wildman–Crippen MR) is 70.3 cm³/mol. The summed E-state index contributed by atoms with van der Waals surface area (Å²) in [5.74, 6) is -2.16. The van der Waals surface area contributed by atoms with E-state index in [-0.39, 0.29) is 6.42 Å². The van der Waals surface area contributed by atoms with Crippen molar-refractivity contribution in [2.24, 2.45) is 0 Å². The number of benzene rings is 1. The van der Waals surface area contributed by atoms with E-state index in [0.717, 1.165) is 11.3 Å². The van der Waals surface area contributed by atoms with Gasteiger partial charge in [-0.2, -0.15) is 0 Å². The minimum absolute atomic E-state index is 0.299. The lowest BCUT2D eigenvalue weighted by molar-refractivity contribution is 0.299. The molecule has 0 fully saturated rings. The van der Waals surface area contributed by atoms with Crippen LogP contribution in [-0.4, -0.2) is 20.7 Å². The van der Waals surface area contributed by atoms with Crippen LogP contribution in [0.5, 0.6) is 0 Å². The molecule has 0 radical (unpaired) electrons. The van der Waals surface area contributed by atoms with Crippen LogP contribution in [0.3, 0.4) is 0 Å². The van der Waals surface area contributed by atoms with Crippen LogP contribution in [0.4, 0.5) is 4.39 Å². The third-order valence-corrected chi connectivity index (χ3v) is 3.60. The van der Waals surface area contributed by atoms with Gasteiger partial charge in [0.2, 0.25) is 5.91 Å². The van der Waals surface area contributed by atoms with Gasteiger partial charge in [0, 0.05) is 18.2 Å². The molecule has 1 aromatic heterocycles. The molecule has 0 aliphatic heterocycles. The van der Waals surface area contributed by atoms with Gasteiger partial charge in [0.15, 0.2) is 0 Å². The highest BCUT2D eigenvalue weighted by atomic mass is 31.2. The minimum Gasteiger partial charge on any atom is -0.322 e. The number of alkyl halides is 1. The topological polar surface area (TPSA) is 70.4 Å². The smallest absolute Gasteiger partial charge is 0.322 e. The number of pyridine rings is 1. The number of hydrogen-bond acceptors (Lipinski definition) is 2. The number of aromatic nitrogens is 1. The highest BCUT2D eigenvalue weighted by Crippen LogP contribution is 2.43. The van der Waals surface area contributed by atoms with Crippen molar-refractivity contribution in [3.05, 3.63) is 54.2 Å². The Morgan fingerprint density at radius 2 is 1.84 bits per heavy atom. The van der Waals surface area contributed by atoms with E-state index in [1.807, 2.05) is 18.2 Å². The molecule has 0 amide bonds. The monoisotopic (exact) mass is 281 g/mol. The van der Waals surface area contributed by atoms with Crippen LogP contribution >= 0.6 is 7.60 Å². The Balaban J connectivity index is 2.14. The van der Waals surface area contributed by atoms with Crippen molar-refractivity contribution in [3.8, 4) is 11.3 Å². The molecule has 1 aromatic carbocycles. The summed E-state index contributed by atoms with van der Waals surface area (Å²) in [6.07, 6.45) is 1.38. The van der Waals surface area contributed by atoms with E-state index in [1.165, 1.54) is 0 Å². The van der Waals surface area contributed by atoms with Crippen LogP contribution in [-0.2, 0) is 11.0 Å². The second kappa shape index (κ2) is 5.61. The average Bonchev–Trinajstić information content (AvgIpc) is 2.39. The van der Waals surface area contributed by atoms with Crippen LogP contribution in [0, 0.1) is 0 Å². The van der Waals surface area contributed by atoms with E-state index >= 15 is 0 Å². The van der Waals surface area contributed by atoms with Crippen LogP contribution in [0.1, 0.15) is 5.56 Å². The summed E-state index contributed by atoms with van der Waals surface area (Å²) in [6.45, 7) is 0. The summed E-state index contributed by atoms with van der Waals surface area (Å²) in [7, 11) is -4.67. The molecule has 4 nitrogen and oxygen atoms in total.